The lowest BCUT2D eigenvalue weighted by molar-refractivity contribution is 0.102. The zero-order valence-corrected chi connectivity index (χ0v) is 19.1. The average Bonchev–Trinajstić information content (AvgIpc) is 2.90. The molecular weight excluding hydrogens is 463 g/mol. The minimum Gasteiger partial charge on any atom is -0.438 e. The second kappa shape index (κ2) is 10.2. The van der Waals surface area contributed by atoms with Crippen LogP contribution in [0.5, 0.6) is 11.6 Å². The van der Waals surface area contributed by atoms with E-state index in [0.29, 0.717) is 43.4 Å². The van der Waals surface area contributed by atoms with Gasteiger partial charge in [0.1, 0.15) is 11.6 Å². The van der Waals surface area contributed by atoms with E-state index >= 15 is 0 Å². The number of nitriles is 1. The molecule has 1 saturated heterocycles. The van der Waals surface area contributed by atoms with Gasteiger partial charge in [0.2, 0.25) is 11.8 Å². The quantitative estimate of drug-likeness (QED) is 0.303. The average molecular weight is 484 g/mol. The minimum absolute atomic E-state index is 0.120. The van der Waals surface area contributed by atoms with Crippen molar-refractivity contribution in [3.8, 4) is 17.8 Å². The number of benzene rings is 3. The van der Waals surface area contributed by atoms with Crippen LogP contribution < -0.4 is 20.3 Å². The lowest BCUT2D eigenvalue weighted by Crippen LogP contribution is -2.36. The second-order valence-electron chi connectivity index (χ2n) is 7.97. The third-order valence-electron chi connectivity index (χ3n) is 5.67. The van der Waals surface area contributed by atoms with E-state index in [1.54, 1.807) is 30.5 Å². The maximum Gasteiger partial charge on any atom is 0.255 e. The molecule has 9 nitrogen and oxygen atoms in total. The van der Waals surface area contributed by atoms with Crippen LogP contribution in [-0.4, -0.2) is 42.2 Å². The molecule has 0 bridgehead atoms. The molecule has 0 saturated carbocycles. The molecule has 1 aliphatic rings. The molecule has 0 spiro atoms. The first kappa shape index (κ1) is 23.0. The third kappa shape index (κ3) is 5.01. The van der Waals surface area contributed by atoms with E-state index in [-0.39, 0.29) is 17.4 Å². The number of morpholine rings is 1. The number of hydrogen-bond acceptors (Lipinski definition) is 8. The smallest absolute Gasteiger partial charge is 0.255 e. The molecule has 4 aromatic rings. The van der Waals surface area contributed by atoms with Crippen LogP contribution in [0.15, 0.2) is 66.9 Å². The van der Waals surface area contributed by atoms with Gasteiger partial charge in [-0.15, -0.1) is 0 Å². The van der Waals surface area contributed by atoms with Gasteiger partial charge in [0.25, 0.3) is 5.91 Å². The van der Waals surface area contributed by atoms with E-state index in [1.165, 1.54) is 18.3 Å². The number of rotatable bonds is 6. The summed E-state index contributed by atoms with van der Waals surface area (Å²) in [6.07, 6.45) is 3.24. The highest BCUT2D eigenvalue weighted by molar-refractivity contribution is 6.10. The first-order chi connectivity index (χ1) is 17.6. The Kier molecular flexibility index (Phi) is 6.55. The number of aromatic nitrogens is 2. The van der Waals surface area contributed by atoms with Crippen LogP contribution in [0.2, 0.25) is 0 Å². The van der Waals surface area contributed by atoms with Gasteiger partial charge in [-0.25, -0.2) is 9.37 Å². The number of carbonyl (C=O) groups excluding carboxylic acids is 1. The summed E-state index contributed by atoms with van der Waals surface area (Å²) in [5.41, 5.74) is 1.42. The van der Waals surface area contributed by atoms with Crippen LogP contribution in [0, 0.1) is 17.3 Å². The number of ether oxygens (including phenoxy) is 2. The van der Waals surface area contributed by atoms with Gasteiger partial charge in [0.15, 0.2) is 6.19 Å². The van der Waals surface area contributed by atoms with Crippen LogP contribution in [0.4, 0.5) is 21.7 Å². The Hall–Kier alpha value is -4.75. The maximum atomic E-state index is 14.4. The van der Waals surface area contributed by atoms with Crippen molar-refractivity contribution in [2.24, 2.45) is 0 Å². The van der Waals surface area contributed by atoms with Crippen LogP contribution >= 0.6 is 0 Å². The van der Waals surface area contributed by atoms with Crippen molar-refractivity contribution in [2.45, 2.75) is 0 Å². The number of halogens is 1. The van der Waals surface area contributed by atoms with Gasteiger partial charge in [-0.05, 0) is 30.3 Å². The standard InChI is InChI=1S/C26H21FN6O3/c27-18-13-17(14-19(15-18)33-9-11-35-12-10-33)25(34)31-22-5-6-23(21-4-2-1-3-20(21)22)36-24-7-8-29-26(32-24)30-16-28/h1-8,13-15H,9-12H2,(H,31,34)(H,29,30,32). The zero-order chi connectivity index (χ0) is 24.9. The number of fused-ring (bicyclic) bond motifs is 1. The van der Waals surface area contributed by atoms with Crippen LogP contribution in [0.1, 0.15) is 10.4 Å². The van der Waals surface area contributed by atoms with Crippen LogP contribution in [-0.2, 0) is 4.74 Å². The molecule has 36 heavy (non-hydrogen) atoms. The maximum absolute atomic E-state index is 14.4. The molecule has 2 heterocycles. The van der Waals surface area contributed by atoms with Crippen molar-refractivity contribution in [3.05, 3.63) is 78.2 Å². The molecule has 5 rings (SSSR count). The van der Waals surface area contributed by atoms with Crippen molar-refractivity contribution < 1.29 is 18.7 Å². The Morgan fingerprint density at radius 3 is 2.69 bits per heavy atom. The van der Waals surface area contributed by atoms with Crippen LogP contribution in [0.25, 0.3) is 10.8 Å². The molecule has 1 aromatic heterocycles. The molecular formula is C26H21FN6O3. The fourth-order valence-electron chi connectivity index (χ4n) is 4.00. The second-order valence-corrected chi connectivity index (χ2v) is 7.97. The number of hydrogen-bond donors (Lipinski definition) is 2. The van der Waals surface area contributed by atoms with Gasteiger partial charge >= 0.3 is 0 Å². The summed E-state index contributed by atoms with van der Waals surface area (Å²) in [6.45, 7) is 2.39. The Morgan fingerprint density at radius 1 is 1.08 bits per heavy atom. The summed E-state index contributed by atoms with van der Waals surface area (Å²) in [5.74, 6) is -0.0286. The molecule has 0 radical (unpaired) electrons. The Labute approximate surface area is 206 Å². The first-order valence-electron chi connectivity index (χ1n) is 11.2. The predicted molar refractivity (Wildman–Crippen MR) is 133 cm³/mol. The SMILES string of the molecule is N#CNc1nccc(Oc2ccc(NC(=O)c3cc(F)cc(N4CCOCC4)c3)c3ccccc23)n1. The molecule has 1 aliphatic heterocycles. The molecule has 2 N–H and O–H groups in total. The van der Waals surface area contributed by atoms with E-state index in [9.17, 15) is 9.18 Å². The highest BCUT2D eigenvalue weighted by atomic mass is 19.1. The van der Waals surface area contributed by atoms with E-state index in [1.807, 2.05) is 29.2 Å². The van der Waals surface area contributed by atoms with Gasteiger partial charge in [-0.1, -0.05) is 24.3 Å². The molecule has 180 valence electrons. The van der Waals surface area contributed by atoms with Crippen molar-refractivity contribution >= 4 is 34.0 Å². The van der Waals surface area contributed by atoms with E-state index < -0.39 is 11.7 Å². The van der Waals surface area contributed by atoms with Crippen molar-refractivity contribution in [1.29, 1.82) is 5.26 Å². The van der Waals surface area contributed by atoms with Gasteiger partial charge in [-0.2, -0.15) is 10.2 Å². The normalized spacial score (nSPS) is 13.2. The number of anilines is 3. The van der Waals surface area contributed by atoms with E-state index in [4.69, 9.17) is 14.7 Å². The predicted octanol–water partition coefficient (Wildman–Crippen LogP) is 4.54. The number of nitrogens with one attached hydrogen (secondary N) is 2. The Morgan fingerprint density at radius 2 is 1.89 bits per heavy atom. The van der Waals surface area contributed by atoms with Crippen LogP contribution in [0.3, 0.4) is 0 Å². The third-order valence-corrected chi connectivity index (χ3v) is 5.67. The highest BCUT2D eigenvalue weighted by Crippen LogP contribution is 2.34. The number of nitrogens with zero attached hydrogens (tertiary/aromatic N) is 4. The summed E-state index contributed by atoms with van der Waals surface area (Å²) in [6, 6.07) is 16.7. The summed E-state index contributed by atoms with van der Waals surface area (Å²) < 4.78 is 25.7. The molecule has 10 heteroatoms. The molecule has 1 amide bonds. The number of carbonyl (C=O) groups is 1. The monoisotopic (exact) mass is 484 g/mol. The fraction of sp³-hybridized carbons (Fsp3) is 0.154. The molecule has 0 atom stereocenters. The van der Waals surface area contributed by atoms with Gasteiger partial charge < -0.3 is 19.7 Å². The first-order valence-corrected chi connectivity index (χ1v) is 11.2. The highest BCUT2D eigenvalue weighted by Gasteiger charge is 2.17. The molecule has 0 aliphatic carbocycles. The van der Waals surface area contributed by atoms with E-state index in [2.05, 4.69) is 20.6 Å². The summed E-state index contributed by atoms with van der Waals surface area (Å²) >= 11 is 0. The van der Waals surface area contributed by atoms with E-state index in [0.717, 1.165) is 10.8 Å². The van der Waals surface area contributed by atoms with Crippen molar-refractivity contribution in [3.63, 3.8) is 0 Å². The number of amides is 1. The molecule has 1 fully saturated rings. The van der Waals surface area contributed by atoms with Gasteiger partial charge in [0, 0.05) is 53.1 Å². The van der Waals surface area contributed by atoms with Crippen molar-refractivity contribution in [1.82, 2.24) is 9.97 Å². The summed E-state index contributed by atoms with van der Waals surface area (Å²) in [7, 11) is 0. The Balaban J connectivity index is 1.42. The molecule has 0 unspecified atom stereocenters. The van der Waals surface area contributed by atoms with Crippen molar-refractivity contribution in [2.75, 3.05) is 41.8 Å². The minimum atomic E-state index is -0.479. The summed E-state index contributed by atoms with van der Waals surface area (Å²) in [5, 5.41) is 15.5. The topological polar surface area (TPSA) is 112 Å². The Bertz CT molecular complexity index is 1470. The fourth-order valence-corrected chi connectivity index (χ4v) is 4.00. The summed E-state index contributed by atoms with van der Waals surface area (Å²) in [4.78, 5) is 23.2. The zero-order valence-electron chi connectivity index (χ0n) is 19.1. The lowest BCUT2D eigenvalue weighted by Gasteiger charge is -2.29. The van der Waals surface area contributed by atoms with Gasteiger partial charge in [0.05, 0.1) is 13.2 Å². The molecule has 3 aromatic carbocycles. The largest absolute Gasteiger partial charge is 0.438 e. The lowest BCUT2D eigenvalue weighted by atomic mass is 10.1. The van der Waals surface area contributed by atoms with Gasteiger partial charge in [-0.3, -0.25) is 10.1 Å².